The first-order valence-corrected chi connectivity index (χ1v) is 8.85. The molecule has 1 aliphatic rings. The molecule has 0 saturated heterocycles. The Bertz CT molecular complexity index is 667. The van der Waals surface area contributed by atoms with Crippen molar-refractivity contribution in [3.05, 3.63) is 22.4 Å². The number of aliphatic hydroxyl groups is 1. The number of aromatic nitrogens is 3. The van der Waals surface area contributed by atoms with Crippen molar-refractivity contribution in [2.75, 3.05) is 19.0 Å². The molecule has 0 radical (unpaired) electrons. The zero-order chi connectivity index (χ0) is 16.4. The minimum absolute atomic E-state index is 0.143. The van der Waals surface area contributed by atoms with Crippen LogP contribution in [0.3, 0.4) is 0 Å². The maximum absolute atomic E-state index is 9.72. The van der Waals surface area contributed by atoms with Crippen LogP contribution in [0.15, 0.2) is 16.7 Å². The maximum atomic E-state index is 9.72. The van der Waals surface area contributed by atoms with E-state index in [0.29, 0.717) is 18.5 Å². The Balaban J connectivity index is 1.89. The van der Waals surface area contributed by atoms with E-state index in [0.717, 1.165) is 35.7 Å². The van der Waals surface area contributed by atoms with Crippen molar-refractivity contribution >= 4 is 27.4 Å². The Morgan fingerprint density at radius 1 is 1.43 bits per heavy atom. The van der Waals surface area contributed by atoms with Gasteiger partial charge in [0.25, 0.3) is 0 Å². The maximum Gasteiger partial charge on any atom is 0.241 e. The minimum atomic E-state index is -0.150. The predicted molar refractivity (Wildman–Crippen MR) is 92.9 cm³/mol. The van der Waals surface area contributed by atoms with Gasteiger partial charge in [-0.2, -0.15) is 0 Å². The Morgan fingerprint density at radius 2 is 2.17 bits per heavy atom. The zero-order valence-corrected chi connectivity index (χ0v) is 15.1. The number of aliphatic hydroxyl groups excluding tert-OH is 1. The molecule has 0 aromatic carbocycles. The number of nitrogens with one attached hydrogen (secondary N) is 1. The van der Waals surface area contributed by atoms with E-state index in [4.69, 9.17) is 4.74 Å². The number of halogens is 1. The van der Waals surface area contributed by atoms with Crippen molar-refractivity contribution < 1.29 is 9.84 Å². The lowest BCUT2D eigenvalue weighted by atomic mass is 9.85. The lowest BCUT2D eigenvalue weighted by Crippen LogP contribution is -2.23. The first-order chi connectivity index (χ1) is 11.1. The van der Waals surface area contributed by atoms with E-state index in [1.165, 1.54) is 5.69 Å². The molecule has 2 aromatic heterocycles. The quantitative estimate of drug-likeness (QED) is 0.831. The van der Waals surface area contributed by atoms with Crippen molar-refractivity contribution in [3.63, 3.8) is 0 Å². The van der Waals surface area contributed by atoms with E-state index in [1.807, 2.05) is 17.6 Å². The summed E-state index contributed by atoms with van der Waals surface area (Å²) in [6.45, 7) is 2.64. The third kappa shape index (κ3) is 3.67. The second-order valence-corrected chi connectivity index (χ2v) is 7.16. The number of anilines is 1. The summed E-state index contributed by atoms with van der Waals surface area (Å²) in [6, 6.07) is 2.28. The lowest BCUT2D eigenvalue weighted by molar-refractivity contribution is 0.121. The number of hydrogen-bond donors (Lipinski definition) is 2. The van der Waals surface area contributed by atoms with Crippen LogP contribution in [0.1, 0.15) is 44.2 Å². The highest BCUT2D eigenvalue weighted by Crippen LogP contribution is 2.36. The van der Waals surface area contributed by atoms with Crippen molar-refractivity contribution in [2.45, 2.75) is 50.7 Å². The second kappa shape index (κ2) is 7.15. The fourth-order valence-electron chi connectivity index (χ4n) is 3.22. The van der Waals surface area contributed by atoms with Gasteiger partial charge in [0.2, 0.25) is 5.95 Å². The van der Waals surface area contributed by atoms with Crippen LogP contribution in [0.25, 0.3) is 5.52 Å². The van der Waals surface area contributed by atoms with Gasteiger partial charge in [-0.15, -0.1) is 5.10 Å². The fraction of sp³-hybridized carbons (Fsp3) is 0.625. The Hall–Kier alpha value is -1.18. The molecule has 6 nitrogen and oxygen atoms in total. The Labute approximate surface area is 144 Å². The van der Waals surface area contributed by atoms with Crippen molar-refractivity contribution in [1.82, 2.24) is 14.6 Å². The molecule has 0 amide bonds. The van der Waals surface area contributed by atoms with E-state index < -0.39 is 0 Å². The number of rotatable bonds is 5. The van der Waals surface area contributed by atoms with Gasteiger partial charge in [0.1, 0.15) is 0 Å². The zero-order valence-electron chi connectivity index (χ0n) is 13.5. The van der Waals surface area contributed by atoms with Gasteiger partial charge in [0.05, 0.1) is 24.4 Å². The monoisotopic (exact) mass is 382 g/mol. The molecule has 2 N–H and O–H groups in total. The topological polar surface area (TPSA) is 71.7 Å². The third-order valence-corrected chi connectivity index (χ3v) is 5.04. The summed E-state index contributed by atoms with van der Waals surface area (Å²) in [5.74, 6) is 1.03. The lowest BCUT2D eigenvalue weighted by Gasteiger charge is -2.25. The molecule has 1 atom stereocenters. The molecule has 1 fully saturated rings. The minimum Gasteiger partial charge on any atom is -0.393 e. The van der Waals surface area contributed by atoms with E-state index in [-0.39, 0.29) is 12.1 Å². The van der Waals surface area contributed by atoms with Gasteiger partial charge in [-0.05, 0) is 54.6 Å². The first-order valence-electron chi connectivity index (χ1n) is 8.06. The standard InChI is InChI=1S/C16H23BrN4O2/c1-10(9-23-2)19-16-18-8-15-13(17)7-14(21(15)20-16)11-3-5-12(22)6-4-11/h7-8,10-12,22H,3-6,9H2,1-2H3,(H,19,20)/t10?,11-,12-. The van der Waals surface area contributed by atoms with E-state index in [2.05, 4.69) is 37.4 Å². The van der Waals surface area contributed by atoms with Crippen molar-refractivity contribution in [2.24, 2.45) is 0 Å². The van der Waals surface area contributed by atoms with Crippen LogP contribution in [-0.4, -0.2) is 45.6 Å². The molecule has 126 valence electrons. The summed E-state index contributed by atoms with van der Waals surface area (Å²) >= 11 is 3.61. The normalized spacial score (nSPS) is 23.1. The molecule has 2 heterocycles. The Morgan fingerprint density at radius 3 is 2.87 bits per heavy atom. The van der Waals surface area contributed by atoms with E-state index in [9.17, 15) is 5.11 Å². The SMILES string of the molecule is COCC(C)Nc1ncc2c(Br)cc([C@H]3CC[C@H](O)CC3)n2n1. The number of methoxy groups -OCH3 is 1. The molecule has 1 unspecified atom stereocenters. The number of fused-ring (bicyclic) bond motifs is 1. The van der Waals surface area contributed by atoms with Crippen LogP contribution in [0.4, 0.5) is 5.95 Å². The van der Waals surface area contributed by atoms with Gasteiger partial charge >= 0.3 is 0 Å². The molecule has 1 aliphatic carbocycles. The summed E-state index contributed by atoms with van der Waals surface area (Å²) in [6.07, 6.45) is 5.38. The molecular formula is C16H23BrN4O2. The summed E-state index contributed by atoms with van der Waals surface area (Å²) in [4.78, 5) is 4.39. The van der Waals surface area contributed by atoms with Gasteiger partial charge in [0, 0.05) is 29.2 Å². The Kier molecular flexibility index (Phi) is 5.18. The fourth-order valence-corrected chi connectivity index (χ4v) is 3.72. The molecule has 0 bridgehead atoms. The smallest absolute Gasteiger partial charge is 0.241 e. The highest BCUT2D eigenvalue weighted by Gasteiger charge is 2.24. The van der Waals surface area contributed by atoms with Gasteiger partial charge in [0.15, 0.2) is 0 Å². The molecule has 0 spiro atoms. The number of nitrogens with zero attached hydrogens (tertiary/aromatic N) is 3. The van der Waals surface area contributed by atoms with Crippen molar-refractivity contribution in [1.29, 1.82) is 0 Å². The molecule has 23 heavy (non-hydrogen) atoms. The molecule has 2 aromatic rings. The van der Waals surface area contributed by atoms with Crippen molar-refractivity contribution in [3.8, 4) is 0 Å². The predicted octanol–water partition coefficient (Wildman–Crippen LogP) is 2.96. The molecular weight excluding hydrogens is 360 g/mol. The van der Waals surface area contributed by atoms with Crippen LogP contribution in [-0.2, 0) is 4.74 Å². The third-order valence-electron chi connectivity index (χ3n) is 4.40. The molecule has 0 aliphatic heterocycles. The van der Waals surface area contributed by atoms with E-state index >= 15 is 0 Å². The summed E-state index contributed by atoms with van der Waals surface area (Å²) < 4.78 is 8.12. The van der Waals surface area contributed by atoms with Gasteiger partial charge < -0.3 is 15.2 Å². The van der Waals surface area contributed by atoms with Crippen LogP contribution < -0.4 is 5.32 Å². The number of ether oxygens (including phenoxy) is 1. The molecule has 7 heteroatoms. The number of hydrogen-bond acceptors (Lipinski definition) is 5. The van der Waals surface area contributed by atoms with Crippen LogP contribution in [0.2, 0.25) is 0 Å². The summed E-state index contributed by atoms with van der Waals surface area (Å²) in [7, 11) is 1.68. The average molecular weight is 383 g/mol. The molecule has 1 saturated carbocycles. The second-order valence-electron chi connectivity index (χ2n) is 6.30. The van der Waals surface area contributed by atoms with Gasteiger partial charge in [-0.1, -0.05) is 0 Å². The largest absolute Gasteiger partial charge is 0.393 e. The average Bonchev–Trinajstić information content (AvgIpc) is 2.85. The van der Waals surface area contributed by atoms with Crippen LogP contribution in [0.5, 0.6) is 0 Å². The van der Waals surface area contributed by atoms with Gasteiger partial charge in [-0.3, -0.25) is 0 Å². The highest BCUT2D eigenvalue weighted by molar-refractivity contribution is 9.10. The van der Waals surface area contributed by atoms with Crippen LogP contribution in [0, 0.1) is 0 Å². The van der Waals surface area contributed by atoms with E-state index in [1.54, 1.807) is 7.11 Å². The van der Waals surface area contributed by atoms with Gasteiger partial charge in [-0.25, -0.2) is 9.50 Å². The first kappa shape index (κ1) is 16.7. The summed E-state index contributed by atoms with van der Waals surface area (Å²) in [5.41, 5.74) is 2.15. The molecule has 3 rings (SSSR count). The summed E-state index contributed by atoms with van der Waals surface area (Å²) in [5, 5.41) is 17.6. The highest BCUT2D eigenvalue weighted by atomic mass is 79.9. The van der Waals surface area contributed by atoms with Crippen LogP contribution >= 0.6 is 15.9 Å².